The summed E-state index contributed by atoms with van der Waals surface area (Å²) in [5, 5.41) is 20.3. The van der Waals surface area contributed by atoms with Gasteiger partial charge in [-0.2, -0.15) is 0 Å². The maximum Gasteiger partial charge on any atom is 1.00 e. The Labute approximate surface area is 175 Å². The van der Waals surface area contributed by atoms with E-state index in [0.29, 0.717) is 0 Å². The number of hydrogen-bond acceptors (Lipinski definition) is 7. The summed E-state index contributed by atoms with van der Waals surface area (Å²) in [6.07, 6.45) is 0. The predicted molar refractivity (Wildman–Crippen MR) is 63.8 cm³/mol. The Morgan fingerprint density at radius 1 is 0.565 bits per heavy atom. The summed E-state index contributed by atoms with van der Waals surface area (Å²) >= 11 is 0. The molecule has 0 radical (unpaired) electrons. The van der Waals surface area contributed by atoms with E-state index in [9.17, 15) is 19.5 Å². The van der Waals surface area contributed by atoms with E-state index < -0.39 is 14.6 Å². The van der Waals surface area contributed by atoms with Crippen LogP contribution in [0.4, 0.5) is 0 Å². The van der Waals surface area contributed by atoms with Crippen molar-refractivity contribution in [3.8, 4) is 0 Å². The molecule has 0 saturated carbocycles. The van der Waals surface area contributed by atoms with E-state index in [-0.39, 0.29) is 129 Å². The first-order chi connectivity index (χ1) is 5.20. The van der Waals surface area contributed by atoms with Gasteiger partial charge in [0, 0.05) is 0 Å². The minimum atomic E-state index is -2.27. The molecule has 0 unspecified atom stereocenters. The van der Waals surface area contributed by atoms with Gasteiger partial charge in [0.1, 0.15) is 0 Å². The molecule has 20 N–H and O–H groups in total. The fourth-order valence-corrected chi connectivity index (χ4v) is 0.246. The van der Waals surface area contributed by atoms with Crippen LogP contribution in [-0.2, 0) is 23.1 Å². The van der Waals surface area contributed by atoms with Crippen molar-refractivity contribution in [1.29, 1.82) is 0 Å². The second-order valence-corrected chi connectivity index (χ2v) is 1.18. The van der Waals surface area contributed by atoms with E-state index in [4.69, 9.17) is 0 Å². The van der Waals surface area contributed by atoms with Gasteiger partial charge >= 0.3 is 122 Å². The molecule has 0 fully saturated rings. The van der Waals surface area contributed by atoms with E-state index in [1.807, 2.05) is 0 Å². The molecule has 23 heavy (non-hydrogen) atoms. The molecule has 0 rings (SSSR count). The van der Waals surface area contributed by atoms with Crippen molar-refractivity contribution in [2.45, 2.75) is 0 Å². The van der Waals surface area contributed by atoms with Crippen molar-refractivity contribution < 1.29 is 147 Å². The first-order valence-corrected chi connectivity index (χ1v) is 2.36. The Morgan fingerprint density at radius 2 is 0.739 bits per heavy atom. The van der Waals surface area contributed by atoms with Crippen LogP contribution in [0.1, 0.15) is 0 Å². The second kappa shape index (κ2) is 77.5. The van der Waals surface area contributed by atoms with Gasteiger partial charge in [0.15, 0.2) is 0 Å². The average Bonchev–Trinajstić information content (AvgIpc) is 1.87. The van der Waals surface area contributed by atoms with Gasteiger partial charge in [0.25, 0.3) is 0 Å². The van der Waals surface area contributed by atoms with Crippen LogP contribution >= 0.6 is 0 Å². The Hall–Kier alpha value is 0.940. The van der Waals surface area contributed by atoms with Crippen LogP contribution in [0.5, 0.6) is 0 Å². The third kappa shape index (κ3) is 84.0. The van der Waals surface area contributed by atoms with Gasteiger partial charge < -0.3 is 54.8 Å². The summed E-state index contributed by atoms with van der Waals surface area (Å²) in [5.74, 6) is 0. The third-order valence-electron chi connectivity index (χ3n) is 0.556. The van der Waals surface area contributed by atoms with Gasteiger partial charge in [-0.05, 0) is 0 Å². The largest absolute Gasteiger partial charge is 1.00 e. The van der Waals surface area contributed by atoms with Crippen LogP contribution in [0.15, 0.2) is 0 Å². The molecule has 0 aliphatic rings. The van der Waals surface area contributed by atoms with Crippen molar-refractivity contribution in [2.24, 2.45) is 0 Å². The molecular weight excluding hydrogens is 361 g/mol. The van der Waals surface area contributed by atoms with Crippen LogP contribution in [-0.4, -0.2) is 84.1 Å². The quantitative estimate of drug-likeness (QED) is 0.399. The summed E-state index contributed by atoms with van der Waals surface area (Å²) in [6.45, 7) is 0. The fourth-order valence-electron chi connectivity index (χ4n) is 0.246. The van der Waals surface area contributed by atoms with E-state index in [2.05, 4.69) is 13.7 Å². The third-order valence-corrected chi connectivity index (χ3v) is 0.556. The summed E-state index contributed by atoms with van der Waals surface area (Å²) < 4.78 is 29.8. The van der Waals surface area contributed by atoms with Gasteiger partial charge in [-0.1, -0.05) is 0 Å². The monoisotopic (exact) mass is 382 g/mol. The Bertz CT molecular complexity index is 124. The van der Waals surface area contributed by atoms with E-state index in [1.165, 1.54) is 0 Å². The summed E-state index contributed by atoms with van der Waals surface area (Å²) in [7, 11) is -4.92. The standard InChI is InChI=1S/B4O7.2Na.10H2O/c5-1-9-3(7)11-4(8)10-2-6;;;;;;;;;;;;/h;;;10*1H2/q-2;2*+1;;;;;;;;;;. The summed E-state index contributed by atoms with van der Waals surface area (Å²) in [6, 6.07) is 0. The maximum atomic E-state index is 10.1. The topological polar surface area (TPSA) is 423 Å². The normalized spacial score (nSPS) is 3.57. The van der Waals surface area contributed by atoms with Crippen molar-refractivity contribution >= 4 is 29.3 Å². The fraction of sp³-hybridized carbons (Fsp3) is 0. The van der Waals surface area contributed by atoms with Gasteiger partial charge in [-0.15, -0.1) is 0 Å². The van der Waals surface area contributed by atoms with Crippen LogP contribution in [0.25, 0.3) is 0 Å². The minimum absolute atomic E-state index is 0. The molecule has 0 aliphatic carbocycles. The number of hydrogen-bond donors (Lipinski definition) is 0. The van der Waals surface area contributed by atoms with Gasteiger partial charge in [-0.25, -0.2) is 0 Å². The zero-order valence-electron chi connectivity index (χ0n) is 12.2. The van der Waals surface area contributed by atoms with E-state index in [0.717, 1.165) is 0 Å². The Balaban J connectivity index is -0.00000000758. The molecule has 0 aromatic heterocycles. The molecular formula is H20B4Na2O17. The summed E-state index contributed by atoms with van der Waals surface area (Å²) in [5.41, 5.74) is 0. The van der Waals surface area contributed by atoms with Gasteiger partial charge in [-0.3, -0.25) is 0 Å². The van der Waals surface area contributed by atoms with E-state index in [1.54, 1.807) is 0 Å². The Kier molecular flexibility index (Phi) is 355. The maximum absolute atomic E-state index is 10.1. The van der Waals surface area contributed by atoms with Gasteiger partial charge in [0.05, 0.1) is 0 Å². The van der Waals surface area contributed by atoms with Crippen molar-refractivity contribution in [3.63, 3.8) is 0 Å². The molecule has 0 saturated heterocycles. The molecule has 136 valence electrons. The zero-order valence-corrected chi connectivity index (χ0v) is 16.2. The average molecular weight is 381 g/mol. The molecule has 23 heteroatoms. The first-order valence-electron chi connectivity index (χ1n) is 2.36. The summed E-state index contributed by atoms with van der Waals surface area (Å²) in [4.78, 5) is 0. The van der Waals surface area contributed by atoms with Crippen molar-refractivity contribution in [1.82, 2.24) is 0 Å². The second-order valence-electron chi connectivity index (χ2n) is 1.18. The molecule has 0 heterocycles. The van der Waals surface area contributed by atoms with E-state index >= 15 is 0 Å². The van der Waals surface area contributed by atoms with Gasteiger partial charge in [0.2, 0.25) is 0 Å². The van der Waals surface area contributed by atoms with Crippen LogP contribution in [0, 0.1) is 0 Å². The molecule has 0 aromatic carbocycles. The predicted octanol–water partition coefficient (Wildman–Crippen LogP) is -18.6. The van der Waals surface area contributed by atoms with Crippen LogP contribution in [0.3, 0.4) is 0 Å². The first kappa shape index (κ1) is 105. The smallest absolute Gasteiger partial charge is 1.00 e. The van der Waals surface area contributed by atoms with Crippen LogP contribution < -0.4 is 69.2 Å². The van der Waals surface area contributed by atoms with Crippen LogP contribution in [0.2, 0.25) is 0 Å². The zero-order chi connectivity index (χ0) is 8.69. The number of rotatable bonds is 6. The molecule has 0 spiro atoms. The molecule has 0 atom stereocenters. The SMILES string of the molecule is O.O.O.O.O.O.O.O.O.O.O=BOB([O-])OB([O-])OB=O.[Na+].[Na+]. The molecule has 0 bridgehead atoms. The molecule has 0 aromatic rings. The van der Waals surface area contributed by atoms with Crippen molar-refractivity contribution in [3.05, 3.63) is 0 Å². The Morgan fingerprint density at radius 3 is 0.870 bits per heavy atom. The van der Waals surface area contributed by atoms with Crippen molar-refractivity contribution in [2.75, 3.05) is 0 Å². The molecule has 17 nitrogen and oxygen atoms in total. The molecule has 0 aliphatic heterocycles. The minimum Gasteiger partial charge on any atom is 1.00 e. The molecule has 0 amide bonds.